The molecule has 0 saturated heterocycles. The van der Waals surface area contributed by atoms with Crippen LogP contribution in [0.2, 0.25) is 0 Å². The largest absolute Gasteiger partial charge is 0.396 e. The number of aliphatic hydroxyl groups excluding tert-OH is 1. The van der Waals surface area contributed by atoms with Gasteiger partial charge in [-0.3, -0.25) is 4.79 Å². The van der Waals surface area contributed by atoms with Gasteiger partial charge in [0.05, 0.1) is 0 Å². The molecule has 0 heterocycles. The quantitative estimate of drug-likeness (QED) is 0.695. The van der Waals surface area contributed by atoms with Crippen molar-refractivity contribution >= 4 is 11.6 Å². The van der Waals surface area contributed by atoms with Gasteiger partial charge in [0.15, 0.2) is 0 Å². The lowest BCUT2D eigenvalue weighted by atomic mass is 10.1. The third kappa shape index (κ3) is 5.82. The van der Waals surface area contributed by atoms with Gasteiger partial charge >= 0.3 is 0 Å². The molecular formula is C15H23NO2. The van der Waals surface area contributed by atoms with Crippen LogP contribution in [-0.4, -0.2) is 17.6 Å². The maximum Gasteiger partial charge on any atom is 0.224 e. The van der Waals surface area contributed by atoms with Crippen molar-refractivity contribution in [1.82, 2.24) is 0 Å². The molecule has 0 atom stereocenters. The van der Waals surface area contributed by atoms with Crippen LogP contribution in [0.15, 0.2) is 24.3 Å². The maximum absolute atomic E-state index is 11.4. The van der Waals surface area contributed by atoms with Crippen LogP contribution in [0.3, 0.4) is 0 Å². The molecule has 0 fully saturated rings. The molecule has 0 saturated carbocycles. The number of amides is 1. The molecule has 0 aliphatic heterocycles. The molecule has 3 heteroatoms. The summed E-state index contributed by atoms with van der Waals surface area (Å²) in [5, 5.41) is 11.5. The molecule has 1 aromatic rings. The Hall–Kier alpha value is -1.35. The highest BCUT2D eigenvalue weighted by Gasteiger charge is 2.01. The molecule has 0 aliphatic rings. The summed E-state index contributed by atoms with van der Waals surface area (Å²) in [4.78, 5) is 11.4. The van der Waals surface area contributed by atoms with E-state index in [1.54, 1.807) is 0 Å². The molecule has 3 nitrogen and oxygen atoms in total. The maximum atomic E-state index is 11.4. The van der Waals surface area contributed by atoms with Gasteiger partial charge in [0.1, 0.15) is 0 Å². The number of hydrogen-bond donors (Lipinski definition) is 2. The van der Waals surface area contributed by atoms with Crippen molar-refractivity contribution in [2.75, 3.05) is 11.9 Å². The summed E-state index contributed by atoms with van der Waals surface area (Å²) < 4.78 is 0. The first kappa shape index (κ1) is 14.7. The van der Waals surface area contributed by atoms with E-state index < -0.39 is 0 Å². The van der Waals surface area contributed by atoms with Gasteiger partial charge in [-0.1, -0.05) is 31.9 Å². The average Bonchev–Trinajstić information content (AvgIpc) is 2.39. The zero-order chi connectivity index (χ0) is 13.2. The minimum Gasteiger partial charge on any atom is -0.396 e. The van der Waals surface area contributed by atoms with E-state index in [0.29, 0.717) is 12.8 Å². The Bertz CT molecular complexity index is 346. The van der Waals surface area contributed by atoms with Crippen molar-refractivity contribution in [3.63, 3.8) is 0 Å². The fourth-order valence-electron chi connectivity index (χ4n) is 1.80. The van der Waals surface area contributed by atoms with Crippen LogP contribution < -0.4 is 5.32 Å². The first-order chi connectivity index (χ1) is 8.76. The number of carbonyl (C=O) groups is 1. The van der Waals surface area contributed by atoms with E-state index in [9.17, 15) is 4.79 Å². The first-order valence-electron chi connectivity index (χ1n) is 6.76. The lowest BCUT2D eigenvalue weighted by molar-refractivity contribution is -0.116. The molecule has 18 heavy (non-hydrogen) atoms. The zero-order valence-electron chi connectivity index (χ0n) is 11.1. The van der Waals surface area contributed by atoms with Crippen LogP contribution in [-0.2, 0) is 11.2 Å². The summed E-state index contributed by atoms with van der Waals surface area (Å²) in [6, 6.07) is 8.02. The second kappa shape index (κ2) is 8.70. The molecular weight excluding hydrogens is 226 g/mol. The fourth-order valence-corrected chi connectivity index (χ4v) is 1.80. The zero-order valence-corrected chi connectivity index (χ0v) is 11.1. The highest BCUT2D eigenvalue weighted by Crippen LogP contribution is 2.12. The molecule has 100 valence electrons. The number of nitrogens with one attached hydrogen (secondary N) is 1. The van der Waals surface area contributed by atoms with Crippen LogP contribution in [0.25, 0.3) is 0 Å². The van der Waals surface area contributed by atoms with Crippen LogP contribution in [0, 0.1) is 0 Å². The van der Waals surface area contributed by atoms with E-state index in [1.807, 2.05) is 12.1 Å². The van der Waals surface area contributed by atoms with Gasteiger partial charge in [-0.15, -0.1) is 0 Å². The number of rotatable bonds is 8. The van der Waals surface area contributed by atoms with E-state index in [0.717, 1.165) is 12.1 Å². The second-order valence-electron chi connectivity index (χ2n) is 4.53. The topological polar surface area (TPSA) is 49.3 Å². The van der Waals surface area contributed by atoms with Gasteiger partial charge in [-0.05, 0) is 37.0 Å². The summed E-state index contributed by atoms with van der Waals surface area (Å²) in [5.41, 5.74) is 2.15. The number of anilines is 1. The van der Waals surface area contributed by atoms with Gasteiger partial charge < -0.3 is 10.4 Å². The minimum absolute atomic E-state index is 0.0391. The SMILES string of the molecule is CCCCCc1ccc(NC(=O)CCCO)cc1. The molecule has 0 aromatic heterocycles. The molecule has 1 rings (SSSR count). The number of aryl methyl sites for hydroxylation is 1. The van der Waals surface area contributed by atoms with Crippen molar-refractivity contribution in [1.29, 1.82) is 0 Å². The van der Waals surface area contributed by atoms with E-state index in [-0.39, 0.29) is 12.5 Å². The highest BCUT2D eigenvalue weighted by atomic mass is 16.3. The average molecular weight is 249 g/mol. The van der Waals surface area contributed by atoms with Gasteiger partial charge in [0, 0.05) is 18.7 Å². The Balaban J connectivity index is 2.37. The normalized spacial score (nSPS) is 10.3. The van der Waals surface area contributed by atoms with Crippen molar-refractivity contribution in [2.45, 2.75) is 45.4 Å². The van der Waals surface area contributed by atoms with E-state index in [1.165, 1.54) is 24.8 Å². The van der Waals surface area contributed by atoms with Crippen molar-refractivity contribution in [2.24, 2.45) is 0 Å². The Morgan fingerprint density at radius 2 is 1.89 bits per heavy atom. The standard InChI is InChI=1S/C15H23NO2/c1-2-3-4-6-13-8-10-14(11-9-13)16-15(18)7-5-12-17/h8-11,17H,2-7,12H2,1H3,(H,16,18). The van der Waals surface area contributed by atoms with Gasteiger partial charge in [-0.2, -0.15) is 0 Å². The molecule has 1 amide bonds. The van der Waals surface area contributed by atoms with Gasteiger partial charge in [-0.25, -0.2) is 0 Å². The summed E-state index contributed by atoms with van der Waals surface area (Å²) >= 11 is 0. The Morgan fingerprint density at radius 3 is 2.50 bits per heavy atom. The molecule has 0 aliphatic carbocycles. The lowest BCUT2D eigenvalue weighted by Crippen LogP contribution is -2.11. The molecule has 2 N–H and O–H groups in total. The number of benzene rings is 1. The molecule has 0 unspecified atom stereocenters. The molecule has 0 spiro atoms. The van der Waals surface area contributed by atoms with E-state index >= 15 is 0 Å². The summed E-state index contributed by atoms with van der Waals surface area (Å²) in [7, 11) is 0. The lowest BCUT2D eigenvalue weighted by Gasteiger charge is -2.06. The van der Waals surface area contributed by atoms with Crippen molar-refractivity contribution in [3.05, 3.63) is 29.8 Å². The van der Waals surface area contributed by atoms with E-state index in [4.69, 9.17) is 5.11 Å². The number of aliphatic hydroxyl groups is 1. The van der Waals surface area contributed by atoms with Crippen LogP contribution in [0.4, 0.5) is 5.69 Å². The summed E-state index contributed by atoms with van der Waals surface area (Å²) in [6.07, 6.45) is 5.71. The number of carbonyl (C=O) groups excluding carboxylic acids is 1. The Kier molecular flexibility index (Phi) is 7.11. The minimum atomic E-state index is -0.0391. The fraction of sp³-hybridized carbons (Fsp3) is 0.533. The van der Waals surface area contributed by atoms with Crippen LogP contribution in [0.5, 0.6) is 0 Å². The third-order valence-corrected chi connectivity index (χ3v) is 2.87. The summed E-state index contributed by atoms with van der Waals surface area (Å²) in [5.74, 6) is -0.0391. The van der Waals surface area contributed by atoms with E-state index in [2.05, 4.69) is 24.4 Å². The molecule has 0 bridgehead atoms. The predicted molar refractivity (Wildman–Crippen MR) is 74.6 cm³/mol. The number of unbranched alkanes of at least 4 members (excludes halogenated alkanes) is 2. The second-order valence-corrected chi connectivity index (χ2v) is 4.53. The monoisotopic (exact) mass is 249 g/mol. The highest BCUT2D eigenvalue weighted by molar-refractivity contribution is 5.90. The third-order valence-electron chi connectivity index (χ3n) is 2.87. The smallest absolute Gasteiger partial charge is 0.224 e. The van der Waals surface area contributed by atoms with Gasteiger partial charge in [0.2, 0.25) is 5.91 Å². The number of hydrogen-bond acceptors (Lipinski definition) is 2. The van der Waals surface area contributed by atoms with Crippen LogP contribution in [0.1, 0.15) is 44.6 Å². The first-order valence-corrected chi connectivity index (χ1v) is 6.76. The summed E-state index contributed by atoms with van der Waals surface area (Å²) in [6.45, 7) is 2.26. The van der Waals surface area contributed by atoms with Crippen molar-refractivity contribution < 1.29 is 9.90 Å². The van der Waals surface area contributed by atoms with Crippen LogP contribution >= 0.6 is 0 Å². The Morgan fingerprint density at radius 1 is 1.17 bits per heavy atom. The predicted octanol–water partition coefficient (Wildman–Crippen LogP) is 3.13. The van der Waals surface area contributed by atoms with Crippen molar-refractivity contribution in [3.8, 4) is 0 Å². The molecule has 0 radical (unpaired) electrons. The Labute approximate surface area is 109 Å². The van der Waals surface area contributed by atoms with Gasteiger partial charge in [0.25, 0.3) is 0 Å². The molecule has 1 aromatic carbocycles.